The summed E-state index contributed by atoms with van der Waals surface area (Å²) in [5, 5.41) is 0. The van der Waals surface area contributed by atoms with E-state index in [-0.39, 0.29) is 16.9 Å². The van der Waals surface area contributed by atoms with Crippen LogP contribution in [0.4, 0.5) is 0 Å². The average molecular weight is 318 g/mol. The third kappa shape index (κ3) is 5.42. The number of halogens is 1. The van der Waals surface area contributed by atoms with Crippen LogP contribution in [0.1, 0.15) is 25.7 Å². The van der Waals surface area contributed by atoms with Crippen LogP contribution in [0, 0.1) is 5.41 Å². The number of hydrogen-bond acceptors (Lipinski definition) is 4. The van der Waals surface area contributed by atoms with E-state index in [0.29, 0.717) is 12.4 Å². The highest BCUT2D eigenvalue weighted by molar-refractivity contribution is 7.93. The van der Waals surface area contributed by atoms with E-state index in [1.54, 1.807) is 0 Å². The maximum Gasteiger partial charge on any atom is 0.212 e. The summed E-state index contributed by atoms with van der Waals surface area (Å²) < 4.78 is 47.7. The molecule has 0 spiro atoms. The van der Waals surface area contributed by atoms with Crippen molar-refractivity contribution in [1.29, 1.82) is 0 Å². The molecule has 0 aromatic carbocycles. The highest BCUT2D eigenvalue weighted by Gasteiger charge is 2.34. The number of alkyl halides is 1. The Balaban J connectivity index is 2.51. The zero-order valence-electron chi connectivity index (χ0n) is 10.5. The van der Waals surface area contributed by atoms with Gasteiger partial charge in [0.2, 0.25) is 10.0 Å². The molecular weight excluding hydrogens is 298 g/mol. The van der Waals surface area contributed by atoms with Crippen molar-refractivity contribution in [3.63, 3.8) is 0 Å². The molecule has 0 heterocycles. The molecule has 0 unspecified atom stereocenters. The first-order valence-corrected chi connectivity index (χ1v) is 10.1. The molecule has 0 bridgehead atoms. The Bertz CT molecular complexity index is 466. The SMILES string of the molecule is CS(=O)(=O)CCS(=O)(=O)NCC1(CCl)CCCC1. The minimum Gasteiger partial charge on any atom is -0.229 e. The van der Waals surface area contributed by atoms with Crippen molar-refractivity contribution in [2.45, 2.75) is 25.7 Å². The van der Waals surface area contributed by atoms with Crippen molar-refractivity contribution in [2.24, 2.45) is 5.41 Å². The van der Waals surface area contributed by atoms with Gasteiger partial charge in [-0.2, -0.15) is 0 Å². The summed E-state index contributed by atoms with van der Waals surface area (Å²) in [6, 6.07) is 0. The molecule has 8 heteroatoms. The van der Waals surface area contributed by atoms with Crippen molar-refractivity contribution in [3.8, 4) is 0 Å². The highest BCUT2D eigenvalue weighted by atomic mass is 35.5. The minimum atomic E-state index is -3.54. The van der Waals surface area contributed by atoms with Crippen molar-refractivity contribution in [3.05, 3.63) is 0 Å². The third-order valence-corrected chi connectivity index (χ3v) is 6.43. The van der Waals surface area contributed by atoms with E-state index in [0.717, 1.165) is 31.9 Å². The second-order valence-corrected chi connectivity index (χ2v) is 9.56. The zero-order valence-corrected chi connectivity index (χ0v) is 12.9. The number of sulfone groups is 1. The van der Waals surface area contributed by atoms with E-state index in [9.17, 15) is 16.8 Å². The molecule has 0 radical (unpaired) electrons. The van der Waals surface area contributed by atoms with Gasteiger partial charge in [-0.3, -0.25) is 0 Å². The quantitative estimate of drug-likeness (QED) is 0.703. The lowest BCUT2D eigenvalue weighted by atomic mass is 9.89. The fraction of sp³-hybridized carbons (Fsp3) is 1.00. The summed E-state index contributed by atoms with van der Waals surface area (Å²) in [6.45, 7) is 0.308. The van der Waals surface area contributed by atoms with Crippen LogP contribution < -0.4 is 4.72 Å². The second kappa shape index (κ2) is 6.07. The van der Waals surface area contributed by atoms with Crippen LogP contribution in [0.25, 0.3) is 0 Å². The molecule has 1 N–H and O–H groups in total. The Hall–Kier alpha value is 0.150. The van der Waals surface area contributed by atoms with Crippen LogP contribution in [-0.2, 0) is 19.9 Å². The first-order chi connectivity index (χ1) is 8.18. The molecule has 0 saturated heterocycles. The Labute approximate surface area is 114 Å². The molecule has 18 heavy (non-hydrogen) atoms. The van der Waals surface area contributed by atoms with E-state index in [4.69, 9.17) is 11.6 Å². The molecule has 0 atom stereocenters. The Morgan fingerprint density at radius 1 is 1.11 bits per heavy atom. The molecule has 0 aromatic heterocycles. The summed E-state index contributed by atoms with van der Waals surface area (Å²) >= 11 is 5.91. The van der Waals surface area contributed by atoms with E-state index in [2.05, 4.69) is 4.72 Å². The summed E-state index contributed by atoms with van der Waals surface area (Å²) in [7, 11) is -6.80. The van der Waals surface area contributed by atoms with E-state index >= 15 is 0 Å². The average Bonchev–Trinajstić information content (AvgIpc) is 2.73. The van der Waals surface area contributed by atoms with Gasteiger partial charge in [-0.25, -0.2) is 21.6 Å². The van der Waals surface area contributed by atoms with Gasteiger partial charge in [0.15, 0.2) is 0 Å². The van der Waals surface area contributed by atoms with Crippen LogP contribution in [0.15, 0.2) is 0 Å². The summed E-state index contributed by atoms with van der Waals surface area (Å²) in [6.07, 6.45) is 5.01. The monoisotopic (exact) mass is 317 g/mol. The number of nitrogens with one attached hydrogen (secondary N) is 1. The Morgan fingerprint density at radius 3 is 2.11 bits per heavy atom. The van der Waals surface area contributed by atoms with Gasteiger partial charge in [-0.1, -0.05) is 12.8 Å². The fourth-order valence-electron chi connectivity index (χ4n) is 2.08. The van der Waals surface area contributed by atoms with Gasteiger partial charge in [0.25, 0.3) is 0 Å². The van der Waals surface area contributed by atoms with Gasteiger partial charge in [0.05, 0.1) is 11.5 Å². The van der Waals surface area contributed by atoms with Gasteiger partial charge in [-0.15, -0.1) is 11.6 Å². The normalized spacial score (nSPS) is 20.1. The van der Waals surface area contributed by atoms with Crippen LogP contribution >= 0.6 is 11.6 Å². The first kappa shape index (κ1) is 16.2. The molecule has 1 fully saturated rings. The van der Waals surface area contributed by atoms with Gasteiger partial charge in [0.1, 0.15) is 9.84 Å². The van der Waals surface area contributed by atoms with E-state index in [1.807, 2.05) is 0 Å². The molecule has 1 saturated carbocycles. The van der Waals surface area contributed by atoms with Crippen LogP contribution in [-0.4, -0.2) is 47.0 Å². The van der Waals surface area contributed by atoms with E-state index < -0.39 is 19.9 Å². The second-order valence-electron chi connectivity index (χ2n) is 5.11. The molecule has 1 aliphatic carbocycles. The number of sulfonamides is 1. The smallest absolute Gasteiger partial charge is 0.212 e. The van der Waals surface area contributed by atoms with Crippen molar-refractivity contribution < 1.29 is 16.8 Å². The maximum absolute atomic E-state index is 11.7. The highest BCUT2D eigenvalue weighted by Crippen LogP contribution is 2.38. The molecule has 0 amide bonds. The molecule has 5 nitrogen and oxygen atoms in total. The van der Waals surface area contributed by atoms with Crippen molar-refractivity contribution in [2.75, 3.05) is 30.2 Å². The lowest BCUT2D eigenvalue weighted by Gasteiger charge is -2.26. The van der Waals surface area contributed by atoms with Crippen LogP contribution in [0.5, 0.6) is 0 Å². The molecular formula is C10H20ClNO4S2. The standard InChI is InChI=1S/C10H20ClNO4S2/c1-17(13,14)6-7-18(15,16)12-9-10(8-11)4-2-3-5-10/h12H,2-9H2,1H3. The third-order valence-electron chi connectivity index (χ3n) is 3.34. The predicted molar refractivity (Wildman–Crippen MR) is 73.1 cm³/mol. The van der Waals surface area contributed by atoms with Gasteiger partial charge in [-0.05, 0) is 18.3 Å². The summed E-state index contributed by atoms with van der Waals surface area (Å²) in [5.74, 6) is -0.304. The number of rotatable bonds is 7. The zero-order chi connectivity index (χ0) is 13.9. The van der Waals surface area contributed by atoms with Crippen LogP contribution in [0.2, 0.25) is 0 Å². The predicted octanol–water partition coefficient (Wildman–Crippen LogP) is 0.750. The topological polar surface area (TPSA) is 80.3 Å². The first-order valence-electron chi connectivity index (χ1n) is 5.89. The van der Waals surface area contributed by atoms with Gasteiger partial charge >= 0.3 is 0 Å². The lowest BCUT2D eigenvalue weighted by Crippen LogP contribution is -2.39. The largest absolute Gasteiger partial charge is 0.229 e. The minimum absolute atomic E-state index is 0.153. The van der Waals surface area contributed by atoms with E-state index in [1.165, 1.54) is 0 Å². The fourth-order valence-corrected chi connectivity index (χ4v) is 5.20. The Kier molecular flexibility index (Phi) is 5.46. The Morgan fingerprint density at radius 2 is 1.67 bits per heavy atom. The molecule has 1 rings (SSSR count). The van der Waals surface area contributed by atoms with Gasteiger partial charge in [0, 0.05) is 18.7 Å². The summed E-state index contributed by atoms with van der Waals surface area (Å²) in [4.78, 5) is 0. The molecule has 1 aliphatic rings. The number of hydrogen-bond donors (Lipinski definition) is 1. The molecule has 0 aromatic rings. The molecule has 108 valence electrons. The maximum atomic E-state index is 11.7. The molecule has 0 aliphatic heterocycles. The van der Waals surface area contributed by atoms with Crippen molar-refractivity contribution >= 4 is 31.5 Å². The summed E-state index contributed by atoms with van der Waals surface area (Å²) in [5.41, 5.74) is -0.153. The van der Waals surface area contributed by atoms with Crippen LogP contribution in [0.3, 0.4) is 0 Å². The lowest BCUT2D eigenvalue weighted by molar-refractivity contribution is 0.342. The van der Waals surface area contributed by atoms with Crippen molar-refractivity contribution in [1.82, 2.24) is 4.72 Å². The van der Waals surface area contributed by atoms with Gasteiger partial charge < -0.3 is 0 Å².